The second-order valence-corrected chi connectivity index (χ2v) is 0. The van der Waals surface area contributed by atoms with Gasteiger partial charge in [0.05, 0.1) is 11.9 Å². The molecule has 0 saturated carbocycles. The minimum atomic E-state index is 0. The molecule has 0 aliphatic rings. The molecule has 5 heteroatoms. The molecule has 0 atom stereocenters. The van der Waals surface area contributed by atoms with E-state index < -0.39 is 0 Å². The fourth-order valence-corrected chi connectivity index (χ4v) is 0. The Morgan fingerprint density at radius 3 is 1.20 bits per heavy atom. The van der Waals surface area contributed by atoms with E-state index in [9.17, 15) is 0 Å². The summed E-state index contributed by atoms with van der Waals surface area (Å²) in [6.07, 6.45) is 0. The van der Waals surface area contributed by atoms with Crippen molar-refractivity contribution in [2.24, 2.45) is 0 Å². The third kappa shape index (κ3) is 18.7. The Hall–Kier alpha value is 3.37. The van der Waals surface area contributed by atoms with Gasteiger partial charge < -0.3 is 0 Å². The van der Waals surface area contributed by atoms with E-state index in [1.807, 2.05) is 0 Å². The number of hydrogen-bond donors (Lipinski definition) is 1. The molecule has 0 radical (unpaired) electrons. The van der Waals surface area contributed by atoms with Crippen molar-refractivity contribution < 1.29 is 4.66 Å². The van der Waals surface area contributed by atoms with Gasteiger partial charge >= 0.3 is 86.6 Å². The standard InChI is InChI=1S/Ba.Ca.ClHO.ClH.4H/c;;1-2;;;;;/h;;2H;1H;;;;. The first-order valence-corrected chi connectivity index (χ1v) is 0.507. The second kappa shape index (κ2) is 26.3. The van der Waals surface area contributed by atoms with Gasteiger partial charge in [-0.2, -0.15) is 0 Å². The molecule has 0 heterocycles. The summed E-state index contributed by atoms with van der Waals surface area (Å²) in [5.74, 6) is 0. The number of rotatable bonds is 0. The van der Waals surface area contributed by atoms with Crippen molar-refractivity contribution in [1.29, 1.82) is 0 Å². The van der Waals surface area contributed by atoms with Crippen LogP contribution in [0.4, 0.5) is 0 Å². The van der Waals surface area contributed by atoms with Gasteiger partial charge in [-0.25, -0.2) is 0 Å². The van der Waals surface area contributed by atoms with Crippen molar-refractivity contribution in [2.75, 3.05) is 0 Å². The van der Waals surface area contributed by atoms with E-state index in [1.54, 1.807) is 0 Å². The van der Waals surface area contributed by atoms with Crippen LogP contribution in [0.25, 0.3) is 0 Å². The molecule has 0 aliphatic heterocycles. The first-order valence-electron chi connectivity index (χ1n) is 0.169. The topological polar surface area (TPSA) is 20.2 Å². The Labute approximate surface area is 112 Å². The van der Waals surface area contributed by atoms with E-state index in [0.29, 0.717) is 0 Å². The van der Waals surface area contributed by atoms with Crippen molar-refractivity contribution in [2.45, 2.75) is 0 Å². The molecule has 0 fully saturated rings. The van der Waals surface area contributed by atoms with Gasteiger partial charge in [-0.3, -0.25) is 4.66 Å². The fourth-order valence-electron chi connectivity index (χ4n) is 0. The second-order valence-electron chi connectivity index (χ2n) is 0. The zero-order valence-corrected chi connectivity index (χ0v) is 2.81. The molecule has 0 rings (SSSR count). The minimum absolute atomic E-state index is 0. The van der Waals surface area contributed by atoms with E-state index in [1.165, 1.54) is 0 Å². The molecule has 0 saturated heterocycles. The molecule has 5 heavy (non-hydrogen) atoms. The predicted octanol–water partition coefficient (Wildman–Crippen LogP) is -1.28. The van der Waals surface area contributed by atoms with Crippen LogP contribution >= 0.6 is 24.3 Å². The van der Waals surface area contributed by atoms with Crippen LogP contribution in [0.5, 0.6) is 0 Å². The SMILES string of the molecule is Cl.OCl.[BaH2].[CaH2]. The first-order chi connectivity index (χ1) is 1.00. The molecule has 0 unspecified atom stereocenters. The van der Waals surface area contributed by atoms with Gasteiger partial charge in [0.1, 0.15) is 0 Å². The van der Waals surface area contributed by atoms with Crippen LogP contribution in [0.2, 0.25) is 0 Å². The molecule has 0 aromatic carbocycles. The van der Waals surface area contributed by atoms with Gasteiger partial charge in [0, 0.05) is 0 Å². The normalized spacial score (nSPS) is 1.20. The molecule has 0 bridgehead atoms. The van der Waals surface area contributed by atoms with E-state index in [4.69, 9.17) is 4.66 Å². The van der Waals surface area contributed by atoms with Gasteiger partial charge in [-0.1, -0.05) is 0 Å². The van der Waals surface area contributed by atoms with Crippen LogP contribution < -0.4 is 0 Å². The summed E-state index contributed by atoms with van der Waals surface area (Å²) >= 11 is 3.64. The van der Waals surface area contributed by atoms with Crippen LogP contribution in [0.3, 0.4) is 0 Å². The third-order valence-corrected chi connectivity index (χ3v) is 0. The molecule has 0 aromatic rings. The summed E-state index contributed by atoms with van der Waals surface area (Å²) in [5, 5.41) is 0. The first kappa shape index (κ1) is 23.8. The molecular weight excluding hydrogens is 264 g/mol. The van der Waals surface area contributed by atoms with E-state index in [-0.39, 0.29) is 99.0 Å². The fraction of sp³-hybridized carbons (Fsp3) is 0. The van der Waals surface area contributed by atoms with E-state index in [0.717, 1.165) is 0 Å². The molecule has 1 N–H and O–H groups in total. The summed E-state index contributed by atoms with van der Waals surface area (Å²) in [6.45, 7) is 0. The van der Waals surface area contributed by atoms with Crippen molar-refractivity contribution >= 4 is 111 Å². The number of hydrogen-bond acceptors (Lipinski definition) is 1. The Morgan fingerprint density at radius 1 is 1.20 bits per heavy atom. The maximum atomic E-state index is 6.47. The van der Waals surface area contributed by atoms with Gasteiger partial charge in [0.25, 0.3) is 0 Å². The quantitative estimate of drug-likeness (QED) is 0.544. The zero-order valence-electron chi connectivity index (χ0n) is 1.23. The molecule has 0 aliphatic carbocycles. The molecule has 0 spiro atoms. The van der Waals surface area contributed by atoms with Crippen LogP contribution in [-0.4, -0.2) is 91.3 Å². The van der Waals surface area contributed by atoms with Crippen LogP contribution in [-0.2, 0) is 0 Å². The van der Waals surface area contributed by atoms with Crippen molar-refractivity contribution in [3.8, 4) is 0 Å². The Bertz CT molecular complexity index is 9.61. The number of halogens is 2. The monoisotopic (exact) mass is 270 g/mol. The molecule has 0 aromatic heterocycles. The average Bonchev–Trinajstić information content (AvgIpc) is 1.00. The summed E-state index contributed by atoms with van der Waals surface area (Å²) < 4.78 is 6.47. The summed E-state index contributed by atoms with van der Waals surface area (Å²) in [5.41, 5.74) is 0. The van der Waals surface area contributed by atoms with Crippen LogP contribution in [0.1, 0.15) is 0 Å². The summed E-state index contributed by atoms with van der Waals surface area (Å²) in [4.78, 5) is 0. The van der Waals surface area contributed by atoms with Gasteiger partial charge in [0.2, 0.25) is 0 Å². The van der Waals surface area contributed by atoms with Crippen molar-refractivity contribution in [3.63, 3.8) is 0 Å². The van der Waals surface area contributed by atoms with E-state index in [2.05, 4.69) is 11.9 Å². The van der Waals surface area contributed by atoms with Gasteiger partial charge in [-0.15, -0.1) is 12.4 Å². The van der Waals surface area contributed by atoms with E-state index >= 15 is 0 Å². The Morgan fingerprint density at radius 2 is 1.20 bits per heavy atom. The van der Waals surface area contributed by atoms with Crippen molar-refractivity contribution in [3.05, 3.63) is 0 Å². The van der Waals surface area contributed by atoms with Crippen LogP contribution in [0.15, 0.2) is 0 Å². The molecule has 1 nitrogen and oxygen atoms in total. The van der Waals surface area contributed by atoms with Gasteiger partial charge in [-0.05, 0) is 0 Å². The molecular formula is H6BaCaCl2O. The summed E-state index contributed by atoms with van der Waals surface area (Å²) in [6, 6.07) is 0. The zero-order chi connectivity index (χ0) is 2.00. The maximum absolute atomic E-state index is 6.47. The summed E-state index contributed by atoms with van der Waals surface area (Å²) in [7, 11) is 0. The molecule has 0 amide bonds. The van der Waals surface area contributed by atoms with Crippen LogP contribution in [0, 0.1) is 0 Å². The Balaban J connectivity index is -0.00000000167. The average molecular weight is 270 g/mol. The molecule has 30 valence electrons. The predicted molar refractivity (Wildman–Crippen MR) is 32.4 cm³/mol. The third-order valence-electron chi connectivity index (χ3n) is 0. The van der Waals surface area contributed by atoms with Crippen molar-refractivity contribution in [1.82, 2.24) is 0 Å². The van der Waals surface area contributed by atoms with Gasteiger partial charge in [0.15, 0.2) is 0 Å². The Kier molecular flexibility index (Phi) is 125.